The minimum absolute atomic E-state index is 0.0530. The molecule has 0 aromatic heterocycles. The van der Waals surface area contributed by atoms with Crippen molar-refractivity contribution in [2.24, 2.45) is 0 Å². The first kappa shape index (κ1) is 11.7. The maximum Gasteiger partial charge on any atom is 0.147 e. The van der Waals surface area contributed by atoms with Gasteiger partial charge in [-0.2, -0.15) is 0 Å². The fraction of sp³-hybridized carbons (Fsp3) is 0.700. The molecule has 0 N–H and O–H groups in total. The van der Waals surface area contributed by atoms with Crippen LogP contribution in [0.2, 0.25) is 0 Å². The van der Waals surface area contributed by atoms with E-state index in [-0.39, 0.29) is 11.2 Å². The van der Waals surface area contributed by atoms with Gasteiger partial charge in [-0.1, -0.05) is 25.0 Å². The smallest absolute Gasteiger partial charge is 0.147 e. The molecule has 12 heavy (non-hydrogen) atoms. The van der Waals surface area contributed by atoms with Crippen LogP contribution in [0.3, 0.4) is 0 Å². The minimum Gasteiger partial charge on any atom is -0.298 e. The predicted octanol–water partition coefficient (Wildman–Crippen LogP) is 3.32. The van der Waals surface area contributed by atoms with Gasteiger partial charge in [0.2, 0.25) is 0 Å². The highest BCUT2D eigenvalue weighted by molar-refractivity contribution is 6.30. The second-order valence-corrected chi connectivity index (χ2v) is 3.64. The quantitative estimate of drug-likeness (QED) is 0.478. The minimum atomic E-state index is -0.336. The van der Waals surface area contributed by atoms with Crippen molar-refractivity contribution >= 4 is 17.4 Å². The lowest BCUT2D eigenvalue weighted by Crippen LogP contribution is -2.08. The molecular weight excluding hydrogens is 172 g/mol. The number of carbonyl (C=O) groups is 1. The Morgan fingerprint density at radius 3 is 2.50 bits per heavy atom. The third kappa shape index (κ3) is 5.36. The first-order valence-electron chi connectivity index (χ1n) is 4.38. The topological polar surface area (TPSA) is 17.1 Å². The zero-order chi connectivity index (χ0) is 9.56. The van der Waals surface area contributed by atoms with Gasteiger partial charge in [0.15, 0.2) is 0 Å². The van der Waals surface area contributed by atoms with Crippen LogP contribution in [0.25, 0.3) is 0 Å². The fourth-order valence-corrected chi connectivity index (χ4v) is 1.06. The third-order valence-corrected chi connectivity index (χ3v) is 2.24. The molecule has 0 aliphatic rings. The summed E-state index contributed by atoms with van der Waals surface area (Å²) in [4.78, 5) is 10.8. The second kappa shape index (κ2) is 6.24. The monoisotopic (exact) mass is 188 g/mol. The maximum absolute atomic E-state index is 10.8. The van der Waals surface area contributed by atoms with Crippen LogP contribution in [-0.4, -0.2) is 11.2 Å². The van der Waals surface area contributed by atoms with Crippen LogP contribution in [0, 0.1) is 0 Å². The summed E-state index contributed by atoms with van der Waals surface area (Å²) >= 11 is 5.77. The van der Waals surface area contributed by atoms with E-state index in [9.17, 15) is 4.79 Å². The average molecular weight is 189 g/mol. The molecule has 0 saturated heterocycles. The van der Waals surface area contributed by atoms with Gasteiger partial charge in [-0.05, 0) is 26.7 Å². The van der Waals surface area contributed by atoms with Gasteiger partial charge < -0.3 is 0 Å². The molecule has 0 spiro atoms. The van der Waals surface area contributed by atoms with Gasteiger partial charge in [-0.3, -0.25) is 4.79 Å². The largest absolute Gasteiger partial charge is 0.298 e. The molecule has 0 aromatic carbocycles. The number of carbonyl (C=O) groups excluding carboxylic acids is 1. The maximum atomic E-state index is 10.8. The van der Waals surface area contributed by atoms with E-state index in [2.05, 4.69) is 19.9 Å². The lowest BCUT2D eigenvalue weighted by molar-refractivity contribution is -0.116. The summed E-state index contributed by atoms with van der Waals surface area (Å²) in [6.07, 6.45) is 4.97. The van der Waals surface area contributed by atoms with Crippen molar-refractivity contribution in [2.75, 3.05) is 0 Å². The van der Waals surface area contributed by atoms with E-state index in [1.807, 2.05) is 0 Å². The molecular formula is C10H17ClO. The lowest BCUT2D eigenvalue weighted by atomic mass is 10.1. The SMILES string of the molecule is CCCC(C)=CCC(Cl)C(C)=O. The normalized spacial score (nSPS) is 14.5. The molecule has 0 bridgehead atoms. The number of halogens is 1. The molecule has 0 amide bonds. The Bertz CT molecular complexity index is 173. The second-order valence-electron chi connectivity index (χ2n) is 3.11. The number of ketones is 1. The highest BCUT2D eigenvalue weighted by Crippen LogP contribution is 2.09. The molecule has 0 aromatic rings. The summed E-state index contributed by atoms with van der Waals surface area (Å²) in [5.74, 6) is 0.0530. The number of alkyl halides is 1. The highest BCUT2D eigenvalue weighted by atomic mass is 35.5. The number of Topliss-reactive ketones (excluding diaryl/α,β-unsaturated/α-hetero) is 1. The molecule has 0 rings (SSSR count). The third-order valence-electron chi connectivity index (χ3n) is 1.76. The molecule has 1 unspecified atom stereocenters. The molecule has 70 valence electrons. The van der Waals surface area contributed by atoms with E-state index in [4.69, 9.17) is 11.6 Å². The summed E-state index contributed by atoms with van der Waals surface area (Å²) in [7, 11) is 0. The Balaban J connectivity index is 3.78. The molecule has 0 fully saturated rings. The number of allylic oxidation sites excluding steroid dienone is 2. The van der Waals surface area contributed by atoms with E-state index in [0.29, 0.717) is 6.42 Å². The van der Waals surface area contributed by atoms with Crippen molar-refractivity contribution in [1.29, 1.82) is 0 Å². The van der Waals surface area contributed by atoms with Gasteiger partial charge in [0.05, 0.1) is 5.38 Å². The first-order chi connectivity index (χ1) is 5.57. The molecule has 0 aliphatic carbocycles. The van der Waals surface area contributed by atoms with Crippen molar-refractivity contribution in [1.82, 2.24) is 0 Å². The zero-order valence-electron chi connectivity index (χ0n) is 8.06. The molecule has 0 heterocycles. The van der Waals surface area contributed by atoms with Gasteiger partial charge in [-0.25, -0.2) is 0 Å². The van der Waals surface area contributed by atoms with Crippen molar-refractivity contribution in [2.45, 2.75) is 45.4 Å². The van der Waals surface area contributed by atoms with Crippen LogP contribution in [-0.2, 0) is 4.79 Å². The fourth-order valence-electron chi connectivity index (χ4n) is 0.967. The highest BCUT2D eigenvalue weighted by Gasteiger charge is 2.07. The number of hydrogen-bond acceptors (Lipinski definition) is 1. The summed E-state index contributed by atoms with van der Waals surface area (Å²) in [5.41, 5.74) is 1.32. The Hall–Kier alpha value is -0.300. The Kier molecular flexibility index (Phi) is 6.09. The summed E-state index contributed by atoms with van der Waals surface area (Å²) in [6.45, 7) is 5.74. The average Bonchev–Trinajstić information content (AvgIpc) is 2.00. The van der Waals surface area contributed by atoms with Gasteiger partial charge in [0, 0.05) is 0 Å². The lowest BCUT2D eigenvalue weighted by Gasteiger charge is -2.02. The molecule has 1 nitrogen and oxygen atoms in total. The predicted molar refractivity (Wildman–Crippen MR) is 53.6 cm³/mol. The van der Waals surface area contributed by atoms with Crippen molar-refractivity contribution in [3.8, 4) is 0 Å². The van der Waals surface area contributed by atoms with Crippen LogP contribution >= 0.6 is 11.6 Å². The van der Waals surface area contributed by atoms with Crippen LogP contribution in [0.15, 0.2) is 11.6 Å². The Morgan fingerprint density at radius 1 is 1.50 bits per heavy atom. The van der Waals surface area contributed by atoms with E-state index >= 15 is 0 Å². The molecule has 1 atom stereocenters. The summed E-state index contributed by atoms with van der Waals surface area (Å²) < 4.78 is 0. The van der Waals surface area contributed by atoms with Gasteiger partial charge >= 0.3 is 0 Å². The van der Waals surface area contributed by atoms with Crippen molar-refractivity contribution in [3.63, 3.8) is 0 Å². The molecule has 0 aliphatic heterocycles. The van der Waals surface area contributed by atoms with Gasteiger partial charge in [0.25, 0.3) is 0 Å². The standard InChI is InChI=1S/C10H17ClO/c1-4-5-8(2)6-7-10(11)9(3)12/h6,10H,4-5,7H2,1-3H3. The van der Waals surface area contributed by atoms with E-state index in [1.165, 1.54) is 12.5 Å². The summed E-state index contributed by atoms with van der Waals surface area (Å²) in [6, 6.07) is 0. The zero-order valence-corrected chi connectivity index (χ0v) is 8.82. The van der Waals surface area contributed by atoms with E-state index < -0.39 is 0 Å². The van der Waals surface area contributed by atoms with E-state index in [1.54, 1.807) is 0 Å². The van der Waals surface area contributed by atoms with Crippen LogP contribution in [0.5, 0.6) is 0 Å². The Morgan fingerprint density at radius 2 is 2.08 bits per heavy atom. The summed E-state index contributed by atoms with van der Waals surface area (Å²) in [5, 5.41) is -0.336. The molecule has 2 heteroatoms. The van der Waals surface area contributed by atoms with Gasteiger partial charge in [0.1, 0.15) is 5.78 Å². The number of hydrogen-bond donors (Lipinski definition) is 0. The van der Waals surface area contributed by atoms with Crippen LogP contribution in [0.1, 0.15) is 40.0 Å². The Labute approximate surface area is 79.8 Å². The van der Waals surface area contributed by atoms with Crippen molar-refractivity contribution in [3.05, 3.63) is 11.6 Å². The van der Waals surface area contributed by atoms with Crippen LogP contribution in [0.4, 0.5) is 0 Å². The van der Waals surface area contributed by atoms with E-state index in [0.717, 1.165) is 12.8 Å². The van der Waals surface area contributed by atoms with Gasteiger partial charge in [-0.15, -0.1) is 11.6 Å². The number of rotatable bonds is 5. The molecule has 0 saturated carbocycles. The first-order valence-corrected chi connectivity index (χ1v) is 4.81. The molecule has 0 radical (unpaired) electrons. The van der Waals surface area contributed by atoms with Crippen molar-refractivity contribution < 1.29 is 4.79 Å². The van der Waals surface area contributed by atoms with Crippen LogP contribution < -0.4 is 0 Å².